The Morgan fingerprint density at radius 1 is 1.10 bits per heavy atom. The molecule has 4 heterocycles. The van der Waals surface area contributed by atoms with Crippen molar-refractivity contribution >= 4 is 27.2 Å². The lowest BCUT2D eigenvalue weighted by molar-refractivity contribution is 0.768. The summed E-state index contributed by atoms with van der Waals surface area (Å²) in [7, 11) is 1.91. The summed E-state index contributed by atoms with van der Waals surface area (Å²) in [5.41, 5.74) is 9.85. The van der Waals surface area contributed by atoms with Gasteiger partial charge in [-0.15, -0.1) is 23.4 Å². The molecule has 9 heteroatoms. The molecular formula is C20H20N8S. The van der Waals surface area contributed by atoms with Crippen LogP contribution >= 0.6 is 11.3 Å². The maximum absolute atomic E-state index is 5.67. The summed E-state index contributed by atoms with van der Waals surface area (Å²) in [5.74, 6) is 0.802. The molecule has 0 bridgehead atoms. The highest BCUT2D eigenvalue weighted by Crippen LogP contribution is 2.24. The maximum Gasteiger partial charge on any atom is 0.234 e. The molecule has 8 nitrogen and oxygen atoms in total. The van der Waals surface area contributed by atoms with Crippen molar-refractivity contribution in [3.8, 4) is 11.1 Å². The molecule has 5 aromatic rings. The number of nitrogens with zero attached hydrogens (tertiary/aromatic N) is 7. The van der Waals surface area contributed by atoms with Crippen LogP contribution in [0, 0.1) is 0 Å². The summed E-state index contributed by atoms with van der Waals surface area (Å²) in [4.78, 5) is 5.34. The highest BCUT2D eigenvalue weighted by Gasteiger charge is 2.12. The van der Waals surface area contributed by atoms with E-state index in [-0.39, 0.29) is 0 Å². The number of aromatic nitrogens is 7. The minimum atomic E-state index is 0.409. The first-order chi connectivity index (χ1) is 14.2. The Hall–Kier alpha value is -3.43. The zero-order valence-electron chi connectivity index (χ0n) is 16.0. The number of benzene rings is 1. The summed E-state index contributed by atoms with van der Waals surface area (Å²) in [6.45, 7) is 6.41. The molecule has 4 aromatic heterocycles. The van der Waals surface area contributed by atoms with Crippen LogP contribution < -0.4 is 5.73 Å². The van der Waals surface area contributed by atoms with E-state index < -0.39 is 0 Å². The van der Waals surface area contributed by atoms with E-state index >= 15 is 0 Å². The molecule has 5 rings (SSSR count). The molecule has 29 heavy (non-hydrogen) atoms. The Balaban J connectivity index is 0.000000994. The highest BCUT2D eigenvalue weighted by atomic mass is 32.1. The fourth-order valence-electron chi connectivity index (χ4n) is 3.09. The number of hydrogen-bond donors (Lipinski definition) is 1. The predicted molar refractivity (Wildman–Crippen MR) is 115 cm³/mol. The predicted octanol–water partition coefficient (Wildman–Crippen LogP) is 2.99. The van der Waals surface area contributed by atoms with E-state index in [1.54, 1.807) is 9.20 Å². The minimum Gasteiger partial charge on any atom is -0.324 e. The van der Waals surface area contributed by atoms with E-state index in [2.05, 4.69) is 56.7 Å². The van der Waals surface area contributed by atoms with Crippen molar-refractivity contribution in [2.45, 2.75) is 13.0 Å². The summed E-state index contributed by atoms with van der Waals surface area (Å²) < 4.78 is 3.57. The molecule has 0 atom stereocenters. The smallest absolute Gasteiger partial charge is 0.234 e. The first-order valence-corrected chi connectivity index (χ1v) is 9.79. The molecule has 1 aromatic carbocycles. The largest absolute Gasteiger partial charge is 0.324 e. The van der Waals surface area contributed by atoms with Gasteiger partial charge in [0, 0.05) is 48.9 Å². The van der Waals surface area contributed by atoms with Crippen molar-refractivity contribution in [1.29, 1.82) is 0 Å². The molecule has 0 aliphatic carbocycles. The number of pyridine rings is 1. The van der Waals surface area contributed by atoms with Crippen molar-refractivity contribution < 1.29 is 0 Å². The second-order valence-corrected chi connectivity index (χ2v) is 7.38. The normalized spacial score (nSPS) is 11.0. The van der Waals surface area contributed by atoms with Crippen molar-refractivity contribution in [3.63, 3.8) is 0 Å². The minimum absolute atomic E-state index is 0.409. The third-order valence-electron chi connectivity index (χ3n) is 4.42. The van der Waals surface area contributed by atoms with Crippen LogP contribution in [0.3, 0.4) is 0 Å². The Kier molecular flexibility index (Phi) is 5.15. The number of rotatable bonds is 4. The van der Waals surface area contributed by atoms with Crippen LogP contribution in [0.15, 0.2) is 56.0 Å². The quantitative estimate of drug-likeness (QED) is 0.462. The fraction of sp³-hybridized carbons (Fsp3) is 0.150. The number of nitrogens with two attached hydrogens (primary N) is 1. The van der Waals surface area contributed by atoms with Gasteiger partial charge in [-0.2, -0.15) is 14.7 Å². The Morgan fingerprint density at radius 2 is 1.97 bits per heavy atom. The first kappa shape index (κ1) is 18.9. The second kappa shape index (κ2) is 7.90. The lowest BCUT2D eigenvalue weighted by Crippen LogP contribution is -2.01. The van der Waals surface area contributed by atoms with Gasteiger partial charge in [0.2, 0.25) is 4.96 Å². The number of fused-ring (bicyclic) bond motifs is 2. The Labute approximate surface area is 171 Å². The van der Waals surface area contributed by atoms with Crippen molar-refractivity contribution in [1.82, 2.24) is 34.6 Å². The van der Waals surface area contributed by atoms with Gasteiger partial charge in [0.25, 0.3) is 0 Å². The molecule has 0 unspecified atom stereocenters. The second-order valence-electron chi connectivity index (χ2n) is 6.34. The molecule has 0 saturated heterocycles. The van der Waals surface area contributed by atoms with Gasteiger partial charge in [0.05, 0.1) is 11.7 Å². The number of aryl methyl sites for hydroxylation is 1. The average molecular weight is 405 g/mol. The molecule has 0 spiro atoms. The number of hydrogen-bond acceptors (Lipinski definition) is 7. The molecule has 0 radical (unpaired) electrons. The van der Waals surface area contributed by atoms with Crippen LogP contribution in [0.2, 0.25) is 0 Å². The van der Waals surface area contributed by atoms with E-state index in [9.17, 15) is 0 Å². The Bertz CT molecular complexity index is 1280. The van der Waals surface area contributed by atoms with Gasteiger partial charge in [-0.25, -0.2) is 0 Å². The van der Waals surface area contributed by atoms with E-state index in [1.165, 1.54) is 11.3 Å². The summed E-state index contributed by atoms with van der Waals surface area (Å²) >= 11 is 1.47. The molecule has 0 aliphatic rings. The van der Waals surface area contributed by atoms with E-state index in [1.807, 2.05) is 31.7 Å². The standard InChI is InChI=1S/C18H16N8S.C2H4/c1-25-10-14(9-21-25)13-6-12-4-11(2-3-15(12)20-8-13)5-16-22-23-18-26(16)24-17(7-19)27-18;1-2/h2-4,6,8-10H,5,7,19H2,1H3;1-2H2. The van der Waals surface area contributed by atoms with E-state index in [0.29, 0.717) is 13.0 Å². The zero-order valence-corrected chi connectivity index (χ0v) is 16.8. The molecule has 0 amide bonds. The van der Waals surface area contributed by atoms with Gasteiger partial charge >= 0.3 is 0 Å². The maximum atomic E-state index is 5.67. The highest BCUT2D eigenvalue weighted by molar-refractivity contribution is 7.16. The van der Waals surface area contributed by atoms with E-state index in [0.717, 1.165) is 43.4 Å². The van der Waals surface area contributed by atoms with Gasteiger partial charge in [-0.3, -0.25) is 9.67 Å². The van der Waals surface area contributed by atoms with Crippen molar-refractivity contribution in [3.05, 3.63) is 72.4 Å². The summed E-state index contributed by atoms with van der Waals surface area (Å²) in [6.07, 6.45) is 6.35. The van der Waals surface area contributed by atoms with Crippen molar-refractivity contribution in [2.75, 3.05) is 0 Å². The third-order valence-corrected chi connectivity index (χ3v) is 5.34. The van der Waals surface area contributed by atoms with Crippen LogP contribution in [0.5, 0.6) is 0 Å². The van der Waals surface area contributed by atoms with Crippen LogP contribution in [-0.4, -0.2) is 34.6 Å². The van der Waals surface area contributed by atoms with Gasteiger partial charge in [0.15, 0.2) is 5.82 Å². The van der Waals surface area contributed by atoms with E-state index in [4.69, 9.17) is 5.73 Å². The molecule has 0 saturated carbocycles. The lowest BCUT2D eigenvalue weighted by Gasteiger charge is -2.04. The first-order valence-electron chi connectivity index (χ1n) is 8.97. The third kappa shape index (κ3) is 3.65. The van der Waals surface area contributed by atoms with Crippen molar-refractivity contribution in [2.24, 2.45) is 12.8 Å². The van der Waals surface area contributed by atoms with Crippen LogP contribution in [0.4, 0.5) is 0 Å². The summed E-state index contributed by atoms with van der Waals surface area (Å²) in [6, 6.07) is 8.37. The van der Waals surface area contributed by atoms with Gasteiger partial charge in [-0.05, 0) is 23.8 Å². The van der Waals surface area contributed by atoms with Gasteiger partial charge < -0.3 is 5.73 Å². The summed E-state index contributed by atoms with van der Waals surface area (Å²) in [5, 5.41) is 19.1. The average Bonchev–Trinajstić information content (AvgIpc) is 3.46. The van der Waals surface area contributed by atoms with Crippen LogP contribution in [0.1, 0.15) is 16.4 Å². The molecule has 0 aliphatic heterocycles. The Morgan fingerprint density at radius 3 is 2.72 bits per heavy atom. The monoisotopic (exact) mass is 404 g/mol. The van der Waals surface area contributed by atoms with Crippen LogP contribution in [-0.2, 0) is 20.0 Å². The topological polar surface area (TPSA) is 99.8 Å². The SMILES string of the molecule is C=C.Cn1cc(-c2cnc3ccc(Cc4nnc5sc(CN)nn45)cc3c2)cn1. The molecule has 0 fully saturated rings. The molecule has 2 N–H and O–H groups in total. The van der Waals surface area contributed by atoms with Gasteiger partial charge in [-0.1, -0.05) is 17.4 Å². The zero-order chi connectivity index (χ0) is 20.4. The fourth-order valence-corrected chi connectivity index (χ4v) is 3.82. The lowest BCUT2D eigenvalue weighted by atomic mass is 10.0. The van der Waals surface area contributed by atoms with Gasteiger partial charge in [0.1, 0.15) is 5.01 Å². The van der Waals surface area contributed by atoms with Crippen LogP contribution in [0.25, 0.3) is 27.0 Å². The molecular weight excluding hydrogens is 384 g/mol. The molecule has 146 valence electrons.